The number of sulfonamides is 1. The Morgan fingerprint density at radius 1 is 1.12 bits per heavy atom. The summed E-state index contributed by atoms with van der Waals surface area (Å²) >= 11 is 6.09. The number of aryl methyl sites for hydroxylation is 2. The maximum atomic E-state index is 13.2. The van der Waals surface area contributed by atoms with Crippen molar-refractivity contribution in [1.82, 2.24) is 4.31 Å². The third-order valence-electron chi connectivity index (χ3n) is 3.89. The Labute approximate surface area is 159 Å². The van der Waals surface area contributed by atoms with Crippen LogP contribution >= 0.6 is 11.6 Å². The number of ether oxygens (including phenoxy) is 1. The summed E-state index contributed by atoms with van der Waals surface area (Å²) in [5, 5.41) is 0.501. The second-order valence-electron chi connectivity index (χ2n) is 5.93. The number of carbonyl (C=O) groups is 1. The van der Waals surface area contributed by atoms with Crippen LogP contribution in [0.4, 0.5) is 0 Å². The highest BCUT2D eigenvalue weighted by Gasteiger charge is 2.29. The van der Waals surface area contributed by atoms with Gasteiger partial charge in [-0.1, -0.05) is 41.9 Å². The zero-order chi connectivity index (χ0) is 19.3. The van der Waals surface area contributed by atoms with E-state index in [4.69, 9.17) is 16.3 Å². The molecule has 0 aromatic heterocycles. The Balaban J connectivity index is 2.45. The number of hydrogen-bond acceptors (Lipinski definition) is 4. The van der Waals surface area contributed by atoms with Gasteiger partial charge in [-0.2, -0.15) is 4.31 Å². The minimum atomic E-state index is -3.91. The van der Waals surface area contributed by atoms with Crippen LogP contribution in [0.5, 0.6) is 0 Å². The molecule has 0 aliphatic carbocycles. The van der Waals surface area contributed by atoms with E-state index in [2.05, 4.69) is 0 Å². The van der Waals surface area contributed by atoms with E-state index in [0.29, 0.717) is 16.1 Å². The molecule has 7 heteroatoms. The minimum absolute atomic E-state index is 0.0725. The summed E-state index contributed by atoms with van der Waals surface area (Å²) in [6.45, 7) is 5.02. The smallest absolute Gasteiger partial charge is 0.321 e. The third kappa shape index (κ3) is 4.84. The molecule has 2 rings (SSSR count). The number of esters is 1. The standard InChI is InChI=1S/C19H22ClNO4S/c1-4-25-19(22)13-21(12-16-8-6-5-7-9-16)26(23,24)18-11-14(2)17(20)10-15(18)3/h5-11H,4,12-13H2,1-3H3. The maximum Gasteiger partial charge on any atom is 0.321 e. The molecule has 140 valence electrons. The van der Waals surface area contributed by atoms with Crippen molar-refractivity contribution in [2.75, 3.05) is 13.2 Å². The van der Waals surface area contributed by atoms with Crippen LogP contribution in [-0.4, -0.2) is 31.8 Å². The average molecular weight is 396 g/mol. The van der Waals surface area contributed by atoms with E-state index in [1.54, 1.807) is 26.8 Å². The lowest BCUT2D eigenvalue weighted by molar-refractivity contribution is -0.143. The van der Waals surface area contributed by atoms with Gasteiger partial charge in [0, 0.05) is 11.6 Å². The first kappa shape index (κ1) is 20.4. The van der Waals surface area contributed by atoms with Gasteiger partial charge in [-0.3, -0.25) is 4.79 Å². The normalized spacial score (nSPS) is 11.6. The topological polar surface area (TPSA) is 63.7 Å². The van der Waals surface area contributed by atoms with Gasteiger partial charge in [0.15, 0.2) is 0 Å². The SMILES string of the molecule is CCOC(=O)CN(Cc1ccccc1)S(=O)(=O)c1cc(C)c(Cl)cc1C. The number of halogens is 1. The quantitative estimate of drug-likeness (QED) is 0.670. The zero-order valence-electron chi connectivity index (χ0n) is 15.0. The van der Waals surface area contributed by atoms with Crippen LogP contribution in [0.1, 0.15) is 23.6 Å². The van der Waals surface area contributed by atoms with Crippen LogP contribution in [0.15, 0.2) is 47.4 Å². The highest BCUT2D eigenvalue weighted by molar-refractivity contribution is 7.89. The van der Waals surface area contributed by atoms with Crippen LogP contribution in [0, 0.1) is 13.8 Å². The average Bonchev–Trinajstić information content (AvgIpc) is 2.58. The third-order valence-corrected chi connectivity index (χ3v) is 6.23. The van der Waals surface area contributed by atoms with Crippen LogP contribution in [0.3, 0.4) is 0 Å². The number of carbonyl (C=O) groups excluding carboxylic acids is 1. The van der Waals surface area contributed by atoms with Gasteiger partial charge in [0.25, 0.3) is 0 Å². The van der Waals surface area contributed by atoms with E-state index in [1.807, 2.05) is 30.3 Å². The summed E-state index contributed by atoms with van der Waals surface area (Å²) in [4.78, 5) is 12.1. The van der Waals surface area contributed by atoms with Crippen LogP contribution in [-0.2, 0) is 26.1 Å². The van der Waals surface area contributed by atoms with E-state index in [0.717, 1.165) is 9.87 Å². The predicted molar refractivity (Wildman–Crippen MR) is 102 cm³/mol. The molecule has 2 aromatic carbocycles. The minimum Gasteiger partial charge on any atom is -0.465 e. The highest BCUT2D eigenvalue weighted by atomic mass is 35.5. The molecule has 0 unspecified atom stereocenters. The van der Waals surface area contributed by atoms with Crippen molar-refractivity contribution in [3.63, 3.8) is 0 Å². The summed E-state index contributed by atoms with van der Waals surface area (Å²) in [7, 11) is -3.91. The van der Waals surface area contributed by atoms with Crippen molar-refractivity contribution in [2.45, 2.75) is 32.2 Å². The van der Waals surface area contributed by atoms with E-state index >= 15 is 0 Å². The summed E-state index contributed by atoms with van der Waals surface area (Å²) in [5.74, 6) is -0.588. The monoisotopic (exact) mass is 395 g/mol. The Hall–Kier alpha value is -1.89. The molecule has 2 aromatic rings. The Kier molecular flexibility index (Phi) is 6.81. The number of rotatable bonds is 7. The largest absolute Gasteiger partial charge is 0.465 e. The molecule has 0 aliphatic rings. The van der Waals surface area contributed by atoms with Crippen LogP contribution in [0.25, 0.3) is 0 Å². The first-order valence-corrected chi connectivity index (χ1v) is 10.0. The fourth-order valence-electron chi connectivity index (χ4n) is 2.54. The van der Waals surface area contributed by atoms with Gasteiger partial charge in [-0.15, -0.1) is 0 Å². The molecule has 0 heterocycles. The van der Waals surface area contributed by atoms with E-state index < -0.39 is 16.0 Å². The lowest BCUT2D eigenvalue weighted by Crippen LogP contribution is -2.36. The predicted octanol–water partition coefficient (Wildman–Crippen LogP) is 3.71. The van der Waals surface area contributed by atoms with Gasteiger partial charge in [-0.05, 0) is 49.6 Å². The second kappa shape index (κ2) is 8.66. The molecular formula is C19H22ClNO4S. The van der Waals surface area contributed by atoms with Gasteiger partial charge in [-0.25, -0.2) is 8.42 Å². The fraction of sp³-hybridized carbons (Fsp3) is 0.316. The Morgan fingerprint density at radius 3 is 2.38 bits per heavy atom. The first-order chi connectivity index (χ1) is 12.3. The van der Waals surface area contributed by atoms with E-state index in [-0.39, 0.29) is 24.6 Å². The lowest BCUT2D eigenvalue weighted by atomic mass is 10.2. The molecule has 0 atom stereocenters. The van der Waals surface area contributed by atoms with Gasteiger partial charge in [0.1, 0.15) is 6.54 Å². The second-order valence-corrected chi connectivity index (χ2v) is 8.24. The molecule has 0 saturated heterocycles. The maximum absolute atomic E-state index is 13.2. The van der Waals surface area contributed by atoms with Crippen molar-refractivity contribution >= 4 is 27.6 Å². The van der Waals surface area contributed by atoms with Gasteiger partial charge >= 0.3 is 5.97 Å². The number of nitrogens with zero attached hydrogens (tertiary/aromatic N) is 1. The summed E-state index contributed by atoms with van der Waals surface area (Å²) in [6.07, 6.45) is 0. The summed E-state index contributed by atoms with van der Waals surface area (Å²) in [5.41, 5.74) is 1.97. The van der Waals surface area contributed by atoms with Gasteiger partial charge in [0.2, 0.25) is 10.0 Å². The zero-order valence-corrected chi connectivity index (χ0v) is 16.6. The van der Waals surface area contributed by atoms with E-state index in [1.165, 1.54) is 6.07 Å². The molecule has 0 fully saturated rings. The van der Waals surface area contributed by atoms with Crippen molar-refractivity contribution in [3.05, 3.63) is 64.2 Å². The van der Waals surface area contributed by atoms with Crippen molar-refractivity contribution in [2.24, 2.45) is 0 Å². The molecule has 0 bridgehead atoms. The molecule has 0 saturated carbocycles. The van der Waals surface area contributed by atoms with Gasteiger partial charge < -0.3 is 4.74 Å². The molecule has 26 heavy (non-hydrogen) atoms. The number of benzene rings is 2. The molecule has 0 radical (unpaired) electrons. The fourth-order valence-corrected chi connectivity index (χ4v) is 4.42. The summed E-state index contributed by atoms with van der Waals surface area (Å²) < 4.78 is 32.6. The highest BCUT2D eigenvalue weighted by Crippen LogP contribution is 2.27. The molecule has 0 amide bonds. The lowest BCUT2D eigenvalue weighted by Gasteiger charge is -2.23. The van der Waals surface area contributed by atoms with Crippen molar-refractivity contribution in [3.8, 4) is 0 Å². The molecular weight excluding hydrogens is 374 g/mol. The number of hydrogen-bond donors (Lipinski definition) is 0. The van der Waals surface area contributed by atoms with E-state index in [9.17, 15) is 13.2 Å². The first-order valence-electron chi connectivity index (χ1n) is 8.22. The van der Waals surface area contributed by atoms with Crippen molar-refractivity contribution in [1.29, 1.82) is 0 Å². The molecule has 0 N–H and O–H groups in total. The van der Waals surface area contributed by atoms with Crippen molar-refractivity contribution < 1.29 is 17.9 Å². The Morgan fingerprint density at radius 2 is 1.77 bits per heavy atom. The Bertz CT molecular complexity index is 882. The summed E-state index contributed by atoms with van der Waals surface area (Å²) in [6, 6.07) is 12.3. The van der Waals surface area contributed by atoms with Crippen LogP contribution < -0.4 is 0 Å². The van der Waals surface area contributed by atoms with Crippen LogP contribution in [0.2, 0.25) is 5.02 Å². The molecule has 0 aliphatic heterocycles. The molecule has 5 nitrogen and oxygen atoms in total. The molecule has 0 spiro atoms. The van der Waals surface area contributed by atoms with Gasteiger partial charge in [0.05, 0.1) is 11.5 Å².